The number of hydrogen-bond donors (Lipinski definition) is 1. The molecule has 2 heterocycles. The summed E-state index contributed by atoms with van der Waals surface area (Å²) < 4.78 is 0.944. The van der Waals surface area contributed by atoms with Crippen LogP contribution in [0.4, 0.5) is 0 Å². The quantitative estimate of drug-likeness (QED) is 0.474. The Morgan fingerprint density at radius 1 is 1.04 bits per heavy atom. The lowest BCUT2D eigenvalue weighted by Gasteiger charge is -2.37. The van der Waals surface area contributed by atoms with Crippen molar-refractivity contribution < 1.29 is 0 Å². The van der Waals surface area contributed by atoms with Gasteiger partial charge in [-0.2, -0.15) is 0 Å². The molecule has 0 aliphatic carbocycles. The second-order valence-electron chi connectivity index (χ2n) is 7.72. The lowest BCUT2D eigenvalue weighted by atomic mass is 9.91. The van der Waals surface area contributed by atoms with Crippen molar-refractivity contribution in [2.45, 2.75) is 36.2 Å². The van der Waals surface area contributed by atoms with Crippen LogP contribution in [0.1, 0.15) is 42.4 Å². The number of piperidine rings is 1. The zero-order valence-electron chi connectivity index (χ0n) is 16.1. The molecule has 0 unspecified atom stereocenters. The fourth-order valence-electron chi connectivity index (χ4n) is 4.20. The van der Waals surface area contributed by atoms with Crippen molar-refractivity contribution in [2.75, 3.05) is 24.6 Å². The van der Waals surface area contributed by atoms with Gasteiger partial charge in [-0.15, -0.1) is 23.5 Å². The molecule has 0 aromatic heterocycles. The van der Waals surface area contributed by atoms with E-state index in [1.165, 1.54) is 73.4 Å². The Hall–Kier alpha value is -0.130. The Morgan fingerprint density at radius 2 is 1.75 bits per heavy atom. The van der Waals surface area contributed by atoms with Crippen LogP contribution in [0.3, 0.4) is 0 Å². The lowest BCUT2D eigenvalue weighted by molar-refractivity contribution is 0.354. The van der Waals surface area contributed by atoms with Crippen LogP contribution in [0.25, 0.3) is 0 Å². The van der Waals surface area contributed by atoms with Crippen molar-refractivity contribution >= 4 is 51.1 Å². The van der Waals surface area contributed by atoms with Crippen molar-refractivity contribution in [3.05, 3.63) is 68.7 Å². The van der Waals surface area contributed by atoms with Crippen LogP contribution in [-0.2, 0) is 10.5 Å². The summed E-state index contributed by atoms with van der Waals surface area (Å²) >= 11 is 14.3. The topological polar surface area (TPSA) is 12.0 Å². The largest absolute Gasteiger partial charge is 0.317 e. The highest BCUT2D eigenvalue weighted by molar-refractivity contribution is 9.10. The van der Waals surface area contributed by atoms with Crippen LogP contribution in [0.5, 0.6) is 0 Å². The number of benzene rings is 2. The minimum Gasteiger partial charge on any atom is -0.317 e. The molecular weight excluding hydrogens is 470 g/mol. The molecule has 2 aliphatic heterocycles. The first-order valence-electron chi connectivity index (χ1n) is 10.2. The number of hydrogen-bond acceptors (Lipinski definition) is 3. The summed E-state index contributed by atoms with van der Waals surface area (Å²) in [5.41, 5.74) is 4.07. The van der Waals surface area contributed by atoms with Crippen LogP contribution in [0.15, 0.2) is 46.9 Å². The summed E-state index contributed by atoms with van der Waals surface area (Å²) in [6.45, 7) is 2.38. The number of thioether (sulfide) groups is 2. The van der Waals surface area contributed by atoms with Crippen LogP contribution >= 0.6 is 51.1 Å². The van der Waals surface area contributed by atoms with E-state index in [4.69, 9.17) is 11.6 Å². The van der Waals surface area contributed by atoms with E-state index in [0.717, 1.165) is 15.4 Å². The van der Waals surface area contributed by atoms with E-state index in [1.807, 2.05) is 29.6 Å². The van der Waals surface area contributed by atoms with Crippen molar-refractivity contribution in [1.82, 2.24) is 5.32 Å². The van der Waals surface area contributed by atoms with E-state index in [9.17, 15) is 0 Å². The smallest absolute Gasteiger partial charge is 0.113 e. The van der Waals surface area contributed by atoms with Crippen LogP contribution in [0, 0.1) is 5.92 Å². The summed E-state index contributed by atoms with van der Waals surface area (Å²) in [5, 5.41) is 4.32. The van der Waals surface area contributed by atoms with Gasteiger partial charge >= 0.3 is 0 Å². The summed E-state index contributed by atoms with van der Waals surface area (Å²) in [7, 11) is 0. The molecule has 0 radical (unpaired) electrons. The Labute approximate surface area is 190 Å². The van der Waals surface area contributed by atoms with E-state index < -0.39 is 0 Å². The minimum atomic E-state index is -0.0936. The Bertz CT molecular complexity index is 784. The maximum atomic E-state index is 6.71. The SMILES string of the molecule is Clc1cc(Br)ccc1C1(c2ccc(CCC3CCNCC3)cc2)SCCCS1. The van der Waals surface area contributed by atoms with Gasteiger partial charge in [0, 0.05) is 15.1 Å². The normalized spacial score (nSPS) is 20.2. The van der Waals surface area contributed by atoms with Crippen LogP contribution in [0.2, 0.25) is 5.02 Å². The Balaban J connectivity index is 1.55. The van der Waals surface area contributed by atoms with Gasteiger partial charge < -0.3 is 5.32 Å². The minimum absolute atomic E-state index is 0.0936. The highest BCUT2D eigenvalue weighted by atomic mass is 79.9. The predicted molar refractivity (Wildman–Crippen MR) is 130 cm³/mol. The third-order valence-electron chi connectivity index (χ3n) is 5.82. The molecule has 2 fully saturated rings. The molecule has 4 rings (SSSR count). The molecule has 150 valence electrons. The number of aryl methyl sites for hydroxylation is 1. The fraction of sp³-hybridized carbons (Fsp3) is 0.478. The Morgan fingerprint density at radius 3 is 2.43 bits per heavy atom. The third-order valence-corrected chi connectivity index (χ3v) is 10.0. The molecular formula is C23H27BrClNS2. The van der Waals surface area contributed by atoms with Crippen molar-refractivity contribution in [3.8, 4) is 0 Å². The van der Waals surface area contributed by atoms with Crippen LogP contribution < -0.4 is 5.32 Å². The van der Waals surface area contributed by atoms with Gasteiger partial charge in [-0.1, -0.05) is 57.9 Å². The first-order chi connectivity index (χ1) is 13.7. The molecule has 28 heavy (non-hydrogen) atoms. The molecule has 2 aromatic rings. The molecule has 0 saturated carbocycles. The molecule has 2 saturated heterocycles. The van der Waals surface area contributed by atoms with Crippen LogP contribution in [-0.4, -0.2) is 24.6 Å². The monoisotopic (exact) mass is 495 g/mol. The first kappa shape index (κ1) is 21.1. The van der Waals surface area contributed by atoms with Gasteiger partial charge in [0.2, 0.25) is 0 Å². The zero-order chi connectivity index (χ0) is 19.4. The zero-order valence-corrected chi connectivity index (χ0v) is 20.0. The molecule has 1 nitrogen and oxygen atoms in total. The second-order valence-corrected chi connectivity index (χ2v) is 11.9. The standard InChI is InChI=1S/C23H27BrClNS2/c24-20-8-9-21(22(25)16-20)23(27-14-1-15-28-23)19-6-4-17(5-7-19)2-3-18-10-12-26-13-11-18/h4-9,16,18,26H,1-3,10-15H2. The molecule has 2 aromatic carbocycles. The summed E-state index contributed by atoms with van der Waals surface area (Å²) in [6, 6.07) is 15.7. The fourth-order valence-corrected chi connectivity index (χ4v) is 8.57. The molecule has 1 N–H and O–H groups in total. The van der Waals surface area contributed by atoms with Gasteiger partial charge in [-0.05, 0) is 85.9 Å². The highest BCUT2D eigenvalue weighted by Gasteiger charge is 2.39. The maximum absolute atomic E-state index is 6.71. The number of nitrogens with one attached hydrogen (secondary N) is 1. The van der Waals surface area contributed by atoms with Gasteiger partial charge in [-0.25, -0.2) is 0 Å². The summed E-state index contributed by atoms with van der Waals surface area (Å²) in [6.07, 6.45) is 6.43. The summed E-state index contributed by atoms with van der Waals surface area (Å²) in [5.74, 6) is 3.24. The van der Waals surface area contributed by atoms with Crippen molar-refractivity contribution in [1.29, 1.82) is 0 Å². The second kappa shape index (κ2) is 9.78. The van der Waals surface area contributed by atoms with Gasteiger partial charge in [0.1, 0.15) is 4.08 Å². The van der Waals surface area contributed by atoms with E-state index in [2.05, 4.69) is 57.6 Å². The van der Waals surface area contributed by atoms with E-state index in [1.54, 1.807) is 0 Å². The van der Waals surface area contributed by atoms with Crippen molar-refractivity contribution in [2.24, 2.45) is 5.92 Å². The highest BCUT2D eigenvalue weighted by Crippen LogP contribution is 2.56. The average Bonchev–Trinajstić information content (AvgIpc) is 2.74. The van der Waals surface area contributed by atoms with Crippen molar-refractivity contribution in [3.63, 3.8) is 0 Å². The molecule has 0 atom stereocenters. The van der Waals surface area contributed by atoms with E-state index in [-0.39, 0.29) is 4.08 Å². The van der Waals surface area contributed by atoms with Gasteiger partial charge in [0.15, 0.2) is 0 Å². The first-order valence-corrected chi connectivity index (χ1v) is 13.4. The van der Waals surface area contributed by atoms with E-state index >= 15 is 0 Å². The number of rotatable bonds is 5. The lowest BCUT2D eigenvalue weighted by Crippen LogP contribution is -2.27. The number of halogens is 2. The average molecular weight is 497 g/mol. The molecule has 0 spiro atoms. The Kier molecular flexibility index (Phi) is 7.38. The molecule has 0 amide bonds. The predicted octanol–water partition coefficient (Wildman–Crippen LogP) is 7.11. The maximum Gasteiger partial charge on any atom is 0.113 e. The van der Waals surface area contributed by atoms with Gasteiger partial charge in [0.25, 0.3) is 0 Å². The third kappa shape index (κ3) is 4.78. The van der Waals surface area contributed by atoms with Gasteiger partial charge in [-0.3, -0.25) is 0 Å². The molecule has 0 bridgehead atoms. The summed E-state index contributed by atoms with van der Waals surface area (Å²) in [4.78, 5) is 0. The molecule has 2 aliphatic rings. The van der Waals surface area contributed by atoms with Gasteiger partial charge in [0.05, 0.1) is 0 Å². The van der Waals surface area contributed by atoms with E-state index in [0.29, 0.717) is 0 Å². The molecule has 5 heteroatoms.